The second-order valence-electron chi connectivity index (χ2n) is 8.13. The first-order chi connectivity index (χ1) is 15.0. The molecule has 0 aliphatic carbocycles. The molecule has 0 unspecified atom stereocenters. The van der Waals surface area contributed by atoms with E-state index in [9.17, 15) is 17.6 Å². The van der Waals surface area contributed by atoms with Crippen molar-refractivity contribution in [1.29, 1.82) is 0 Å². The largest absolute Gasteiger partial charge is 0.393 e. The number of aryl methyl sites for hydroxylation is 1. The van der Waals surface area contributed by atoms with Crippen LogP contribution in [0.5, 0.6) is 0 Å². The van der Waals surface area contributed by atoms with Gasteiger partial charge in [0, 0.05) is 0 Å². The van der Waals surface area contributed by atoms with Gasteiger partial charge in [-0.2, -0.15) is 13.2 Å². The number of rotatable bonds is 4. The van der Waals surface area contributed by atoms with Crippen LogP contribution in [0.25, 0.3) is 10.8 Å². The third kappa shape index (κ3) is 7.65. The molecule has 0 bridgehead atoms. The summed E-state index contributed by atoms with van der Waals surface area (Å²) >= 11 is 0. The average Bonchev–Trinajstić information content (AvgIpc) is 2.74. The first-order valence-corrected chi connectivity index (χ1v) is 11.4. The zero-order valence-corrected chi connectivity index (χ0v) is 20.3. The van der Waals surface area contributed by atoms with Gasteiger partial charge in [-0.05, 0) is 57.3 Å². The molecule has 0 amide bonds. The van der Waals surface area contributed by atoms with Gasteiger partial charge >= 0.3 is 6.18 Å². The van der Waals surface area contributed by atoms with E-state index in [1.165, 1.54) is 5.56 Å². The third-order valence-corrected chi connectivity index (χ3v) is 5.17. The van der Waals surface area contributed by atoms with Crippen LogP contribution in [0.15, 0.2) is 54.6 Å². The molecule has 0 saturated heterocycles. The molecular weight excluding hydrogens is 412 g/mol. The summed E-state index contributed by atoms with van der Waals surface area (Å²) in [6, 6.07) is 16.4. The summed E-state index contributed by atoms with van der Waals surface area (Å²) in [7, 11) is 0. The molecule has 0 atom stereocenters. The number of fused-ring (bicyclic) bond motifs is 1. The van der Waals surface area contributed by atoms with Gasteiger partial charge in [-0.15, -0.1) is 0 Å². The highest BCUT2D eigenvalue weighted by atomic mass is 19.4. The van der Waals surface area contributed by atoms with Gasteiger partial charge in [0.1, 0.15) is 5.82 Å². The van der Waals surface area contributed by atoms with Crippen LogP contribution < -0.4 is 0 Å². The van der Waals surface area contributed by atoms with Crippen LogP contribution in [0.3, 0.4) is 0 Å². The molecule has 3 rings (SSSR count). The normalized spacial score (nSPS) is 11.2. The van der Waals surface area contributed by atoms with Gasteiger partial charge in [0.15, 0.2) is 0 Å². The highest BCUT2D eigenvalue weighted by Crippen LogP contribution is 2.30. The number of hydrogen-bond donors (Lipinski definition) is 0. The van der Waals surface area contributed by atoms with E-state index in [1.807, 2.05) is 40.7 Å². The summed E-state index contributed by atoms with van der Waals surface area (Å²) in [4.78, 5) is 0. The Morgan fingerprint density at radius 2 is 1.31 bits per heavy atom. The van der Waals surface area contributed by atoms with E-state index in [0.29, 0.717) is 11.5 Å². The van der Waals surface area contributed by atoms with Crippen molar-refractivity contribution in [3.05, 3.63) is 82.7 Å². The third-order valence-electron chi connectivity index (χ3n) is 5.17. The SMILES string of the molecule is CC.CC(C)c1ccccc1CC(F)(F)F.CCc1c(F)ccc2cccc(C(C)C)c12. The van der Waals surface area contributed by atoms with Gasteiger partial charge in [0.2, 0.25) is 0 Å². The Balaban J connectivity index is 0.000000300. The van der Waals surface area contributed by atoms with Crippen LogP contribution in [-0.2, 0) is 12.8 Å². The molecule has 0 spiro atoms. The minimum absolute atomic E-state index is 0.0805. The summed E-state index contributed by atoms with van der Waals surface area (Å²) in [5.74, 6) is 0.479. The van der Waals surface area contributed by atoms with Crippen molar-refractivity contribution in [3.8, 4) is 0 Å². The summed E-state index contributed by atoms with van der Waals surface area (Å²) < 4.78 is 50.3. The first kappa shape index (κ1) is 27.7. The topological polar surface area (TPSA) is 0 Å². The maximum atomic E-state index is 13.8. The number of halogens is 4. The lowest BCUT2D eigenvalue weighted by Crippen LogP contribution is -2.13. The number of hydrogen-bond acceptors (Lipinski definition) is 0. The molecule has 3 aromatic carbocycles. The Labute approximate surface area is 190 Å². The molecule has 0 aliphatic heterocycles. The lowest BCUT2D eigenvalue weighted by molar-refractivity contribution is -0.127. The molecule has 0 fully saturated rings. The van der Waals surface area contributed by atoms with Crippen molar-refractivity contribution in [1.82, 2.24) is 0 Å². The molecule has 0 aliphatic rings. The van der Waals surface area contributed by atoms with E-state index in [1.54, 1.807) is 30.3 Å². The Kier molecular flexibility index (Phi) is 10.9. The first-order valence-electron chi connectivity index (χ1n) is 11.4. The molecule has 3 aromatic rings. The Hall–Kier alpha value is -2.36. The van der Waals surface area contributed by atoms with Crippen molar-refractivity contribution in [3.63, 3.8) is 0 Å². The van der Waals surface area contributed by atoms with Gasteiger partial charge in [-0.1, -0.05) is 97.0 Å². The average molecular weight is 449 g/mol. The van der Waals surface area contributed by atoms with Crippen LogP contribution in [0, 0.1) is 5.82 Å². The van der Waals surface area contributed by atoms with E-state index in [2.05, 4.69) is 32.0 Å². The molecule has 0 radical (unpaired) electrons. The van der Waals surface area contributed by atoms with E-state index in [0.717, 1.165) is 28.3 Å². The van der Waals surface area contributed by atoms with Gasteiger partial charge in [-0.25, -0.2) is 4.39 Å². The summed E-state index contributed by atoms with van der Waals surface area (Å²) in [5, 5.41) is 2.25. The minimum Gasteiger partial charge on any atom is -0.207 e. The van der Waals surface area contributed by atoms with Crippen LogP contribution >= 0.6 is 0 Å². The monoisotopic (exact) mass is 448 g/mol. The van der Waals surface area contributed by atoms with Crippen LogP contribution in [0.4, 0.5) is 17.6 Å². The minimum atomic E-state index is -4.12. The fourth-order valence-corrected chi connectivity index (χ4v) is 3.76. The van der Waals surface area contributed by atoms with Crippen molar-refractivity contribution in [2.24, 2.45) is 0 Å². The second-order valence-corrected chi connectivity index (χ2v) is 8.13. The predicted octanol–water partition coefficient (Wildman–Crippen LogP) is 9.61. The molecule has 176 valence electrons. The van der Waals surface area contributed by atoms with E-state index in [4.69, 9.17) is 0 Å². The summed E-state index contributed by atoms with van der Waals surface area (Å²) in [6.45, 7) is 14.1. The van der Waals surface area contributed by atoms with Crippen LogP contribution in [0.1, 0.15) is 82.6 Å². The smallest absolute Gasteiger partial charge is 0.207 e. The van der Waals surface area contributed by atoms with Gasteiger partial charge < -0.3 is 0 Å². The Morgan fingerprint density at radius 1 is 0.750 bits per heavy atom. The molecule has 0 N–H and O–H groups in total. The van der Waals surface area contributed by atoms with Gasteiger partial charge in [-0.3, -0.25) is 0 Å². The van der Waals surface area contributed by atoms with Crippen molar-refractivity contribution in [2.45, 2.75) is 79.3 Å². The lowest BCUT2D eigenvalue weighted by Gasteiger charge is -2.14. The Bertz CT molecular complexity index is 969. The maximum Gasteiger partial charge on any atom is 0.393 e. The molecule has 0 heterocycles. The van der Waals surface area contributed by atoms with Gasteiger partial charge in [0.25, 0.3) is 0 Å². The zero-order chi connectivity index (χ0) is 24.5. The highest BCUT2D eigenvalue weighted by molar-refractivity contribution is 5.89. The zero-order valence-electron chi connectivity index (χ0n) is 20.3. The van der Waals surface area contributed by atoms with Crippen molar-refractivity contribution in [2.75, 3.05) is 0 Å². The standard InChI is InChI=1S/C15H17F.C11H13F3.C2H6/c1-4-12-14(16)9-8-11-6-5-7-13(10(2)3)15(11)12;1-8(2)10-6-4-3-5-9(10)7-11(12,13)14;1-2/h5-10H,4H2,1-3H3;3-6,8H,7H2,1-2H3;1-2H3. The molecular formula is C28H36F4. The quantitative estimate of drug-likeness (QED) is 0.349. The molecule has 0 aromatic heterocycles. The van der Waals surface area contributed by atoms with E-state index < -0.39 is 12.6 Å². The van der Waals surface area contributed by atoms with E-state index in [-0.39, 0.29) is 11.7 Å². The molecule has 4 heteroatoms. The van der Waals surface area contributed by atoms with E-state index >= 15 is 0 Å². The maximum absolute atomic E-state index is 13.8. The highest BCUT2D eigenvalue weighted by Gasteiger charge is 2.28. The molecule has 0 saturated carbocycles. The predicted molar refractivity (Wildman–Crippen MR) is 129 cm³/mol. The summed E-state index contributed by atoms with van der Waals surface area (Å²) in [6.07, 6.45) is -4.21. The van der Waals surface area contributed by atoms with Crippen LogP contribution in [-0.4, -0.2) is 6.18 Å². The van der Waals surface area contributed by atoms with Crippen molar-refractivity contribution >= 4 is 10.8 Å². The molecule has 32 heavy (non-hydrogen) atoms. The fourth-order valence-electron chi connectivity index (χ4n) is 3.76. The second kappa shape index (κ2) is 12.6. The van der Waals surface area contributed by atoms with Crippen LogP contribution in [0.2, 0.25) is 0 Å². The number of alkyl halides is 3. The van der Waals surface area contributed by atoms with Gasteiger partial charge in [0.05, 0.1) is 6.42 Å². The molecule has 0 nitrogen and oxygen atoms in total. The Morgan fingerprint density at radius 3 is 1.84 bits per heavy atom. The number of benzene rings is 3. The lowest BCUT2D eigenvalue weighted by atomic mass is 9.92. The fraction of sp³-hybridized carbons (Fsp3) is 0.429. The summed E-state index contributed by atoms with van der Waals surface area (Å²) in [5.41, 5.74) is 3.26. The van der Waals surface area contributed by atoms with Crippen molar-refractivity contribution < 1.29 is 17.6 Å².